The lowest BCUT2D eigenvalue weighted by Crippen LogP contribution is -2.08. The quantitative estimate of drug-likeness (QED) is 0.635. The molecule has 0 spiro atoms. The molecule has 68 valence electrons. The zero-order valence-electron chi connectivity index (χ0n) is 7.62. The van der Waals surface area contributed by atoms with Crippen LogP contribution < -0.4 is 5.73 Å². The maximum absolute atomic E-state index is 9.31. The van der Waals surface area contributed by atoms with Gasteiger partial charge in [0.25, 0.3) is 0 Å². The van der Waals surface area contributed by atoms with E-state index in [1.807, 2.05) is 12.1 Å². The van der Waals surface area contributed by atoms with Gasteiger partial charge in [-0.15, -0.1) is 0 Å². The molecule has 0 fully saturated rings. The Bertz CT molecular complexity index is 368. The molecule has 0 radical (unpaired) electrons. The Morgan fingerprint density at radius 2 is 2.23 bits per heavy atom. The molecule has 0 aromatic heterocycles. The van der Waals surface area contributed by atoms with Crippen molar-refractivity contribution in [1.29, 1.82) is 0 Å². The molecule has 1 atom stereocenters. The molecule has 1 aromatic carbocycles. The van der Waals surface area contributed by atoms with Crippen LogP contribution in [0.25, 0.3) is 5.70 Å². The average Bonchev–Trinajstić information content (AvgIpc) is 2.12. The first kappa shape index (κ1) is 8.17. The largest absolute Gasteiger partial charge is 0.508 e. The number of phenolic OH excluding ortho intramolecular Hbond substituents is 1. The minimum absolute atomic E-state index is 0.282. The second-order valence-corrected chi connectivity index (χ2v) is 3.57. The van der Waals surface area contributed by atoms with Crippen molar-refractivity contribution in [2.75, 3.05) is 0 Å². The summed E-state index contributed by atoms with van der Waals surface area (Å²) in [6, 6.07) is 5.40. The lowest BCUT2D eigenvalue weighted by Gasteiger charge is -2.20. The number of fused-ring (bicyclic) bond motifs is 1. The second kappa shape index (κ2) is 2.80. The monoisotopic (exact) mass is 175 g/mol. The first-order valence-corrected chi connectivity index (χ1v) is 4.47. The van der Waals surface area contributed by atoms with Crippen molar-refractivity contribution < 1.29 is 5.11 Å². The van der Waals surface area contributed by atoms with Crippen molar-refractivity contribution >= 4 is 5.70 Å². The third-order valence-electron chi connectivity index (χ3n) is 2.57. The van der Waals surface area contributed by atoms with E-state index in [1.165, 1.54) is 5.56 Å². The SMILES string of the molecule is CC1CC=C(N)c2cc(O)ccc21. The molecular formula is C11H13NO. The smallest absolute Gasteiger partial charge is 0.116 e. The van der Waals surface area contributed by atoms with Crippen LogP contribution in [0.4, 0.5) is 0 Å². The summed E-state index contributed by atoms with van der Waals surface area (Å²) < 4.78 is 0. The van der Waals surface area contributed by atoms with Crippen molar-refractivity contribution in [3.05, 3.63) is 35.4 Å². The summed E-state index contributed by atoms with van der Waals surface area (Å²) in [5.74, 6) is 0.784. The van der Waals surface area contributed by atoms with Gasteiger partial charge in [-0.2, -0.15) is 0 Å². The topological polar surface area (TPSA) is 46.2 Å². The van der Waals surface area contributed by atoms with Crippen LogP contribution in [0.2, 0.25) is 0 Å². The van der Waals surface area contributed by atoms with Gasteiger partial charge in [-0.25, -0.2) is 0 Å². The van der Waals surface area contributed by atoms with Crippen LogP contribution >= 0.6 is 0 Å². The molecule has 2 nitrogen and oxygen atoms in total. The standard InChI is InChI=1S/C11H13NO/c1-7-2-5-11(12)10-6-8(13)3-4-9(7)10/h3-7,13H,2,12H2,1H3. The van der Waals surface area contributed by atoms with Gasteiger partial charge in [0, 0.05) is 11.3 Å². The van der Waals surface area contributed by atoms with Crippen LogP contribution in [0.15, 0.2) is 24.3 Å². The van der Waals surface area contributed by atoms with E-state index in [1.54, 1.807) is 12.1 Å². The summed E-state index contributed by atoms with van der Waals surface area (Å²) in [6.45, 7) is 2.17. The number of hydrogen-bond acceptors (Lipinski definition) is 2. The van der Waals surface area contributed by atoms with E-state index in [-0.39, 0.29) is 5.75 Å². The third kappa shape index (κ3) is 1.28. The van der Waals surface area contributed by atoms with Crippen LogP contribution in [0.3, 0.4) is 0 Å². The summed E-state index contributed by atoms with van der Waals surface area (Å²) in [4.78, 5) is 0. The number of aromatic hydroxyl groups is 1. The Morgan fingerprint density at radius 3 is 3.00 bits per heavy atom. The number of rotatable bonds is 0. The normalized spacial score (nSPS) is 20.7. The van der Waals surface area contributed by atoms with Gasteiger partial charge < -0.3 is 10.8 Å². The average molecular weight is 175 g/mol. The van der Waals surface area contributed by atoms with E-state index in [4.69, 9.17) is 5.73 Å². The molecule has 1 unspecified atom stereocenters. The Kier molecular flexibility index (Phi) is 1.76. The first-order chi connectivity index (χ1) is 6.18. The minimum Gasteiger partial charge on any atom is -0.508 e. The fourth-order valence-electron chi connectivity index (χ4n) is 1.76. The van der Waals surface area contributed by atoms with Gasteiger partial charge >= 0.3 is 0 Å². The lowest BCUT2D eigenvalue weighted by molar-refractivity contribution is 0.474. The maximum atomic E-state index is 9.31. The van der Waals surface area contributed by atoms with Crippen LogP contribution in [0.1, 0.15) is 30.4 Å². The molecule has 13 heavy (non-hydrogen) atoms. The van der Waals surface area contributed by atoms with E-state index in [9.17, 15) is 5.11 Å². The van der Waals surface area contributed by atoms with Gasteiger partial charge in [0.2, 0.25) is 0 Å². The molecular weight excluding hydrogens is 162 g/mol. The van der Waals surface area contributed by atoms with Crippen molar-refractivity contribution in [2.45, 2.75) is 19.3 Å². The third-order valence-corrected chi connectivity index (χ3v) is 2.57. The molecule has 1 aliphatic carbocycles. The number of hydrogen-bond donors (Lipinski definition) is 2. The highest BCUT2D eigenvalue weighted by molar-refractivity contribution is 5.69. The van der Waals surface area contributed by atoms with Gasteiger partial charge in [0.1, 0.15) is 5.75 Å². The van der Waals surface area contributed by atoms with E-state index >= 15 is 0 Å². The summed E-state index contributed by atoms with van der Waals surface area (Å²) in [6.07, 6.45) is 3.01. The molecule has 2 rings (SSSR count). The van der Waals surface area contributed by atoms with E-state index in [0.717, 1.165) is 17.7 Å². The molecule has 0 saturated carbocycles. The van der Waals surface area contributed by atoms with Crippen LogP contribution in [-0.2, 0) is 0 Å². The van der Waals surface area contributed by atoms with E-state index < -0.39 is 0 Å². The summed E-state index contributed by atoms with van der Waals surface area (Å²) in [5, 5.41) is 9.31. The molecule has 3 N–H and O–H groups in total. The van der Waals surface area contributed by atoms with Gasteiger partial charge in [-0.05, 0) is 30.0 Å². The van der Waals surface area contributed by atoms with E-state index in [0.29, 0.717) is 5.92 Å². The Morgan fingerprint density at radius 1 is 1.46 bits per heavy atom. The highest BCUT2D eigenvalue weighted by atomic mass is 16.3. The number of allylic oxidation sites excluding steroid dienone is 1. The predicted octanol–water partition coefficient (Wildman–Crippen LogP) is 2.20. The first-order valence-electron chi connectivity index (χ1n) is 4.47. The molecule has 1 aliphatic rings. The molecule has 0 aliphatic heterocycles. The maximum Gasteiger partial charge on any atom is 0.116 e. The van der Waals surface area contributed by atoms with Gasteiger partial charge in [-0.3, -0.25) is 0 Å². The predicted molar refractivity (Wildman–Crippen MR) is 53.3 cm³/mol. The minimum atomic E-state index is 0.282. The molecule has 0 heterocycles. The van der Waals surface area contributed by atoms with Crippen LogP contribution in [-0.4, -0.2) is 5.11 Å². The summed E-state index contributed by atoms with van der Waals surface area (Å²) in [7, 11) is 0. The Labute approximate surface area is 77.7 Å². The fourth-order valence-corrected chi connectivity index (χ4v) is 1.76. The number of benzene rings is 1. The molecule has 0 bridgehead atoms. The summed E-state index contributed by atoms with van der Waals surface area (Å²) >= 11 is 0. The Hall–Kier alpha value is -1.44. The Balaban J connectivity index is 2.60. The molecule has 1 aromatic rings. The highest BCUT2D eigenvalue weighted by Gasteiger charge is 2.16. The summed E-state index contributed by atoms with van der Waals surface area (Å²) in [5.41, 5.74) is 8.83. The number of nitrogens with two attached hydrogens (primary N) is 1. The van der Waals surface area contributed by atoms with Crippen molar-refractivity contribution in [3.8, 4) is 5.75 Å². The lowest BCUT2D eigenvalue weighted by atomic mass is 9.87. The van der Waals surface area contributed by atoms with Crippen molar-refractivity contribution in [3.63, 3.8) is 0 Å². The van der Waals surface area contributed by atoms with Crippen LogP contribution in [0, 0.1) is 0 Å². The van der Waals surface area contributed by atoms with Crippen molar-refractivity contribution in [2.24, 2.45) is 5.73 Å². The zero-order chi connectivity index (χ0) is 9.42. The van der Waals surface area contributed by atoms with Gasteiger partial charge in [0.05, 0.1) is 0 Å². The zero-order valence-corrected chi connectivity index (χ0v) is 7.62. The molecule has 0 saturated heterocycles. The van der Waals surface area contributed by atoms with Gasteiger partial charge in [0.15, 0.2) is 0 Å². The number of phenols is 1. The molecule has 2 heteroatoms. The fraction of sp³-hybridized carbons (Fsp3) is 0.273. The highest BCUT2D eigenvalue weighted by Crippen LogP contribution is 2.33. The second-order valence-electron chi connectivity index (χ2n) is 3.57. The van der Waals surface area contributed by atoms with Crippen LogP contribution in [0.5, 0.6) is 5.75 Å². The van der Waals surface area contributed by atoms with Crippen molar-refractivity contribution in [1.82, 2.24) is 0 Å². The van der Waals surface area contributed by atoms with E-state index in [2.05, 4.69) is 6.92 Å². The van der Waals surface area contributed by atoms with Gasteiger partial charge in [-0.1, -0.05) is 19.1 Å². The molecule has 0 amide bonds.